The highest BCUT2D eigenvalue weighted by atomic mass is 16.2. The van der Waals surface area contributed by atoms with Crippen LogP contribution in [0.15, 0.2) is 30.3 Å². The summed E-state index contributed by atoms with van der Waals surface area (Å²) in [5, 5.41) is 0. The molecular formula is C15H20N2O2. The largest absolute Gasteiger partial charge is 0.370 e. The van der Waals surface area contributed by atoms with E-state index in [1.165, 1.54) is 0 Å². The molecule has 1 aliphatic rings. The highest BCUT2D eigenvalue weighted by Crippen LogP contribution is 2.39. The van der Waals surface area contributed by atoms with Crippen LogP contribution in [0.5, 0.6) is 0 Å². The molecule has 1 saturated carbocycles. The highest BCUT2D eigenvalue weighted by Gasteiger charge is 2.41. The first kappa shape index (κ1) is 13.6. The van der Waals surface area contributed by atoms with E-state index in [0.717, 1.165) is 12.0 Å². The maximum atomic E-state index is 12.3. The van der Waals surface area contributed by atoms with Gasteiger partial charge >= 0.3 is 0 Å². The van der Waals surface area contributed by atoms with Crippen molar-refractivity contribution in [2.24, 2.45) is 17.6 Å². The summed E-state index contributed by atoms with van der Waals surface area (Å²) in [6.45, 7) is 3.04. The molecule has 2 amide bonds. The van der Waals surface area contributed by atoms with Gasteiger partial charge in [0.1, 0.15) is 0 Å². The van der Waals surface area contributed by atoms with Gasteiger partial charge in [-0.15, -0.1) is 0 Å². The summed E-state index contributed by atoms with van der Waals surface area (Å²) in [5.41, 5.74) is 6.25. The minimum absolute atomic E-state index is 0.136. The predicted octanol–water partition coefficient (Wildman–Crippen LogP) is 1.55. The van der Waals surface area contributed by atoms with Gasteiger partial charge in [-0.05, 0) is 17.9 Å². The van der Waals surface area contributed by atoms with Gasteiger partial charge in [0.05, 0.1) is 0 Å². The van der Waals surface area contributed by atoms with Gasteiger partial charge in [-0.1, -0.05) is 37.3 Å². The fourth-order valence-electron chi connectivity index (χ4n) is 2.22. The van der Waals surface area contributed by atoms with Crippen LogP contribution in [0.3, 0.4) is 0 Å². The lowest BCUT2D eigenvalue weighted by molar-refractivity contribution is -0.134. The van der Waals surface area contributed by atoms with Crippen LogP contribution < -0.4 is 5.73 Å². The van der Waals surface area contributed by atoms with E-state index in [1.807, 2.05) is 30.3 Å². The van der Waals surface area contributed by atoms with Crippen LogP contribution in [0.2, 0.25) is 0 Å². The zero-order valence-electron chi connectivity index (χ0n) is 11.2. The van der Waals surface area contributed by atoms with Crippen molar-refractivity contribution in [3.8, 4) is 0 Å². The second kappa shape index (κ2) is 5.87. The lowest BCUT2D eigenvalue weighted by Gasteiger charge is -2.22. The molecular weight excluding hydrogens is 240 g/mol. The highest BCUT2D eigenvalue weighted by molar-refractivity contribution is 5.82. The molecule has 4 nitrogen and oxygen atoms in total. The van der Waals surface area contributed by atoms with Crippen LogP contribution in [-0.4, -0.2) is 23.3 Å². The van der Waals surface area contributed by atoms with Crippen molar-refractivity contribution in [3.05, 3.63) is 35.9 Å². The maximum absolute atomic E-state index is 12.3. The van der Waals surface area contributed by atoms with Gasteiger partial charge in [0.15, 0.2) is 0 Å². The van der Waals surface area contributed by atoms with Crippen LogP contribution >= 0.6 is 0 Å². The van der Waals surface area contributed by atoms with E-state index < -0.39 is 0 Å². The van der Waals surface area contributed by atoms with E-state index in [1.54, 1.807) is 4.90 Å². The summed E-state index contributed by atoms with van der Waals surface area (Å²) in [4.78, 5) is 25.0. The third kappa shape index (κ3) is 3.81. The monoisotopic (exact) mass is 260 g/mol. The number of hydrogen-bond acceptors (Lipinski definition) is 2. The van der Waals surface area contributed by atoms with Crippen LogP contribution in [0, 0.1) is 11.8 Å². The molecule has 0 saturated heterocycles. The molecule has 0 heterocycles. The van der Waals surface area contributed by atoms with Crippen molar-refractivity contribution in [2.75, 3.05) is 6.54 Å². The molecule has 0 aliphatic heterocycles. The van der Waals surface area contributed by atoms with Gasteiger partial charge in [-0.25, -0.2) is 0 Å². The van der Waals surface area contributed by atoms with E-state index >= 15 is 0 Å². The number of rotatable bonds is 6. The first-order valence-electron chi connectivity index (χ1n) is 6.69. The topological polar surface area (TPSA) is 63.4 Å². The Balaban J connectivity index is 2.01. The Bertz CT molecular complexity index is 458. The standard InChI is InChI=1S/C15H20N2O2/c1-11-9-13(11)15(19)17(8-7-14(16)18)10-12-5-3-2-4-6-12/h2-6,11,13H,7-10H2,1H3,(H2,16,18)/t11-,13+/m0/s1. The average molecular weight is 260 g/mol. The number of nitrogens with two attached hydrogens (primary N) is 1. The average Bonchev–Trinajstić information content (AvgIpc) is 3.12. The normalized spacial score (nSPS) is 20.9. The summed E-state index contributed by atoms with van der Waals surface area (Å²) < 4.78 is 0. The Labute approximate surface area is 113 Å². The predicted molar refractivity (Wildman–Crippen MR) is 72.9 cm³/mol. The number of carbonyl (C=O) groups is 2. The molecule has 1 fully saturated rings. The van der Waals surface area contributed by atoms with E-state index in [-0.39, 0.29) is 24.2 Å². The Morgan fingerprint density at radius 2 is 1.95 bits per heavy atom. The molecule has 4 heteroatoms. The maximum Gasteiger partial charge on any atom is 0.226 e. The van der Waals surface area contributed by atoms with Gasteiger partial charge < -0.3 is 10.6 Å². The van der Waals surface area contributed by atoms with E-state index in [9.17, 15) is 9.59 Å². The molecule has 19 heavy (non-hydrogen) atoms. The van der Waals surface area contributed by atoms with E-state index in [4.69, 9.17) is 5.73 Å². The number of benzene rings is 1. The molecule has 0 aromatic heterocycles. The molecule has 1 aromatic carbocycles. The van der Waals surface area contributed by atoms with E-state index in [0.29, 0.717) is 19.0 Å². The molecule has 0 spiro atoms. The third-order valence-electron chi connectivity index (χ3n) is 3.58. The van der Waals surface area contributed by atoms with Gasteiger partial charge in [0.2, 0.25) is 11.8 Å². The molecule has 0 unspecified atom stereocenters. The molecule has 1 aliphatic carbocycles. The van der Waals surface area contributed by atoms with Crippen molar-refractivity contribution >= 4 is 11.8 Å². The Morgan fingerprint density at radius 3 is 2.47 bits per heavy atom. The molecule has 2 N–H and O–H groups in total. The van der Waals surface area contributed by atoms with Crippen molar-refractivity contribution in [3.63, 3.8) is 0 Å². The van der Waals surface area contributed by atoms with Gasteiger partial charge in [-0.3, -0.25) is 9.59 Å². The van der Waals surface area contributed by atoms with Gasteiger partial charge in [0, 0.05) is 25.4 Å². The van der Waals surface area contributed by atoms with Crippen molar-refractivity contribution < 1.29 is 9.59 Å². The first-order valence-corrected chi connectivity index (χ1v) is 6.69. The fraction of sp³-hybridized carbons (Fsp3) is 0.467. The molecule has 2 atom stereocenters. The minimum atomic E-state index is -0.366. The van der Waals surface area contributed by atoms with Crippen LogP contribution in [0.25, 0.3) is 0 Å². The Morgan fingerprint density at radius 1 is 1.32 bits per heavy atom. The Kier molecular flexibility index (Phi) is 4.20. The SMILES string of the molecule is C[C@H]1C[C@H]1C(=O)N(CCC(N)=O)Cc1ccccc1. The smallest absolute Gasteiger partial charge is 0.226 e. The first-order chi connectivity index (χ1) is 9.08. The summed E-state index contributed by atoms with van der Waals surface area (Å²) in [6.07, 6.45) is 1.18. The van der Waals surface area contributed by atoms with Crippen molar-refractivity contribution in [1.29, 1.82) is 0 Å². The number of amides is 2. The third-order valence-corrected chi connectivity index (χ3v) is 3.58. The molecule has 102 valence electrons. The summed E-state index contributed by atoms with van der Waals surface area (Å²) in [6, 6.07) is 9.82. The molecule has 1 aromatic rings. The fourth-order valence-corrected chi connectivity index (χ4v) is 2.22. The van der Waals surface area contributed by atoms with Gasteiger partial charge in [0.25, 0.3) is 0 Å². The van der Waals surface area contributed by atoms with Crippen LogP contribution in [0.1, 0.15) is 25.3 Å². The van der Waals surface area contributed by atoms with Crippen LogP contribution in [0.4, 0.5) is 0 Å². The minimum Gasteiger partial charge on any atom is -0.370 e. The lowest BCUT2D eigenvalue weighted by atomic mass is 10.2. The number of hydrogen-bond donors (Lipinski definition) is 1. The summed E-state index contributed by atoms with van der Waals surface area (Å²) in [5.74, 6) is 0.392. The second-order valence-corrected chi connectivity index (χ2v) is 5.28. The molecule has 0 radical (unpaired) electrons. The van der Waals surface area contributed by atoms with Gasteiger partial charge in [-0.2, -0.15) is 0 Å². The van der Waals surface area contributed by atoms with E-state index in [2.05, 4.69) is 6.92 Å². The number of nitrogens with zero attached hydrogens (tertiary/aromatic N) is 1. The van der Waals surface area contributed by atoms with Crippen molar-refractivity contribution in [2.45, 2.75) is 26.3 Å². The Hall–Kier alpha value is -1.84. The van der Waals surface area contributed by atoms with Crippen LogP contribution in [-0.2, 0) is 16.1 Å². The summed E-state index contributed by atoms with van der Waals surface area (Å²) >= 11 is 0. The lowest BCUT2D eigenvalue weighted by Crippen LogP contribution is -2.35. The number of primary amides is 1. The van der Waals surface area contributed by atoms with Crippen molar-refractivity contribution in [1.82, 2.24) is 4.90 Å². The summed E-state index contributed by atoms with van der Waals surface area (Å²) in [7, 11) is 0. The molecule has 2 rings (SSSR count). The zero-order chi connectivity index (χ0) is 13.8. The quantitative estimate of drug-likeness (QED) is 0.843. The second-order valence-electron chi connectivity index (χ2n) is 5.28. The zero-order valence-corrected chi connectivity index (χ0v) is 11.2. The molecule has 0 bridgehead atoms. The number of carbonyl (C=O) groups excluding carboxylic acids is 2.